The van der Waals surface area contributed by atoms with Gasteiger partial charge >= 0.3 is 0 Å². The van der Waals surface area contributed by atoms with Crippen LogP contribution in [0.4, 0.5) is 0 Å². The van der Waals surface area contributed by atoms with Crippen molar-refractivity contribution in [2.45, 2.75) is 51.9 Å². The predicted octanol–water partition coefficient (Wildman–Crippen LogP) is 2.67. The summed E-state index contributed by atoms with van der Waals surface area (Å²) in [5.74, 6) is 0.765. The monoisotopic (exact) mass is 321 g/mol. The van der Waals surface area contributed by atoms with Crippen molar-refractivity contribution in [1.82, 2.24) is 5.32 Å². The minimum Gasteiger partial charge on any atom is -0.471 e. The van der Waals surface area contributed by atoms with Crippen LogP contribution in [0.2, 0.25) is 0 Å². The molecule has 1 aliphatic heterocycles. The molecule has 0 amide bonds. The molecule has 1 N–H and O–H groups in total. The standard InChI is InChI=1S/C14H27NO3S2/c1-2-3-4-5-6-7-9-18-14(19)15-11-13-8-10-20(16,17)12-13/h13H,2-12H2,1H3,(H,15,19). The molecule has 0 aromatic heterocycles. The van der Waals surface area contributed by atoms with Crippen molar-refractivity contribution < 1.29 is 13.2 Å². The van der Waals surface area contributed by atoms with Crippen LogP contribution in [-0.4, -0.2) is 38.2 Å². The summed E-state index contributed by atoms with van der Waals surface area (Å²) in [6.45, 7) is 3.47. The maximum absolute atomic E-state index is 11.3. The Labute approximate surface area is 128 Å². The molecule has 1 rings (SSSR count). The molecule has 4 nitrogen and oxygen atoms in total. The van der Waals surface area contributed by atoms with E-state index in [0.29, 0.717) is 24.1 Å². The van der Waals surface area contributed by atoms with E-state index < -0.39 is 9.84 Å². The summed E-state index contributed by atoms with van der Waals surface area (Å²) in [6.07, 6.45) is 8.08. The van der Waals surface area contributed by atoms with Gasteiger partial charge in [0.25, 0.3) is 5.17 Å². The highest BCUT2D eigenvalue weighted by Crippen LogP contribution is 2.17. The number of ether oxygens (including phenoxy) is 1. The van der Waals surface area contributed by atoms with Gasteiger partial charge in [-0.3, -0.25) is 0 Å². The van der Waals surface area contributed by atoms with Crippen molar-refractivity contribution in [1.29, 1.82) is 0 Å². The van der Waals surface area contributed by atoms with Gasteiger partial charge in [-0.15, -0.1) is 0 Å². The van der Waals surface area contributed by atoms with Crippen LogP contribution in [0.25, 0.3) is 0 Å². The average Bonchev–Trinajstić information content (AvgIpc) is 2.75. The Bertz CT molecular complexity index is 382. The lowest BCUT2D eigenvalue weighted by Crippen LogP contribution is -2.30. The number of nitrogens with one attached hydrogen (secondary N) is 1. The second kappa shape index (κ2) is 9.55. The van der Waals surface area contributed by atoms with E-state index in [0.717, 1.165) is 12.8 Å². The van der Waals surface area contributed by atoms with Gasteiger partial charge in [0.05, 0.1) is 18.1 Å². The van der Waals surface area contributed by atoms with Gasteiger partial charge in [-0.1, -0.05) is 39.0 Å². The van der Waals surface area contributed by atoms with Gasteiger partial charge in [-0.2, -0.15) is 0 Å². The highest BCUT2D eigenvalue weighted by molar-refractivity contribution is 7.91. The molecule has 0 radical (unpaired) electrons. The predicted molar refractivity (Wildman–Crippen MR) is 86.7 cm³/mol. The largest absolute Gasteiger partial charge is 0.471 e. The number of hydrogen-bond donors (Lipinski definition) is 1. The van der Waals surface area contributed by atoms with Crippen LogP contribution in [0.1, 0.15) is 51.9 Å². The summed E-state index contributed by atoms with van der Waals surface area (Å²) in [5, 5.41) is 3.42. The quantitative estimate of drug-likeness (QED) is 0.523. The Balaban J connectivity index is 1.96. The van der Waals surface area contributed by atoms with E-state index in [9.17, 15) is 8.42 Å². The SMILES string of the molecule is CCCCCCCCOC(=S)NCC1CCS(=O)(=O)C1. The molecule has 118 valence electrons. The molecule has 1 fully saturated rings. The molecule has 6 heteroatoms. The molecule has 0 spiro atoms. The third-order valence-corrected chi connectivity index (χ3v) is 5.69. The minimum absolute atomic E-state index is 0.176. The number of rotatable bonds is 9. The highest BCUT2D eigenvalue weighted by Gasteiger charge is 2.27. The van der Waals surface area contributed by atoms with E-state index in [1.165, 1.54) is 32.1 Å². The summed E-state index contributed by atoms with van der Waals surface area (Å²) < 4.78 is 28.1. The first-order chi connectivity index (χ1) is 9.53. The summed E-state index contributed by atoms with van der Waals surface area (Å²) >= 11 is 5.08. The van der Waals surface area contributed by atoms with Crippen LogP contribution in [0, 0.1) is 5.92 Å². The smallest absolute Gasteiger partial charge is 0.256 e. The molecule has 0 aromatic rings. The van der Waals surface area contributed by atoms with Gasteiger partial charge < -0.3 is 10.1 Å². The van der Waals surface area contributed by atoms with Gasteiger partial charge in [0.2, 0.25) is 0 Å². The molecule has 1 heterocycles. The van der Waals surface area contributed by atoms with E-state index in [-0.39, 0.29) is 11.7 Å². The molecular formula is C14H27NO3S2. The zero-order valence-corrected chi connectivity index (χ0v) is 14.0. The van der Waals surface area contributed by atoms with Crippen molar-refractivity contribution in [2.24, 2.45) is 5.92 Å². The first-order valence-electron chi connectivity index (χ1n) is 7.64. The first-order valence-corrected chi connectivity index (χ1v) is 9.87. The van der Waals surface area contributed by atoms with Crippen molar-refractivity contribution in [3.8, 4) is 0 Å². The fourth-order valence-electron chi connectivity index (χ4n) is 2.36. The normalized spacial score (nSPS) is 20.8. The van der Waals surface area contributed by atoms with Crippen LogP contribution < -0.4 is 5.32 Å². The van der Waals surface area contributed by atoms with Gasteiger partial charge in [0.1, 0.15) is 0 Å². The molecule has 20 heavy (non-hydrogen) atoms. The average molecular weight is 322 g/mol. The molecular weight excluding hydrogens is 294 g/mol. The summed E-state index contributed by atoms with van der Waals surface area (Å²) in [6, 6.07) is 0. The van der Waals surface area contributed by atoms with E-state index >= 15 is 0 Å². The molecule has 1 unspecified atom stereocenters. The molecule has 1 atom stereocenters. The summed E-state index contributed by atoms with van der Waals surface area (Å²) in [7, 11) is -2.80. The topological polar surface area (TPSA) is 55.4 Å². The second-order valence-corrected chi connectivity index (χ2v) is 8.15. The van der Waals surface area contributed by atoms with Crippen molar-refractivity contribution in [2.75, 3.05) is 24.7 Å². The molecule has 1 aliphatic rings. The van der Waals surface area contributed by atoms with Gasteiger partial charge in [0, 0.05) is 6.54 Å². The summed E-state index contributed by atoms with van der Waals surface area (Å²) in [5.41, 5.74) is 0. The lowest BCUT2D eigenvalue weighted by atomic mass is 10.1. The molecule has 0 saturated carbocycles. The second-order valence-electron chi connectivity index (χ2n) is 5.55. The fraction of sp³-hybridized carbons (Fsp3) is 0.929. The zero-order valence-electron chi connectivity index (χ0n) is 12.4. The van der Waals surface area contributed by atoms with Crippen molar-refractivity contribution in [3.63, 3.8) is 0 Å². The molecule has 0 aliphatic carbocycles. The van der Waals surface area contributed by atoms with Crippen LogP contribution >= 0.6 is 12.2 Å². The number of unbranched alkanes of at least 4 members (excludes halogenated alkanes) is 5. The molecule has 1 saturated heterocycles. The van der Waals surface area contributed by atoms with Gasteiger partial charge in [-0.25, -0.2) is 8.42 Å². The van der Waals surface area contributed by atoms with Crippen LogP contribution in [0.3, 0.4) is 0 Å². The number of sulfone groups is 1. The number of hydrogen-bond acceptors (Lipinski definition) is 4. The Hall–Kier alpha value is -0.360. The van der Waals surface area contributed by atoms with Gasteiger partial charge in [0.15, 0.2) is 9.84 Å². The maximum Gasteiger partial charge on any atom is 0.256 e. The van der Waals surface area contributed by atoms with E-state index in [4.69, 9.17) is 17.0 Å². The van der Waals surface area contributed by atoms with Crippen LogP contribution in [-0.2, 0) is 14.6 Å². The fourth-order valence-corrected chi connectivity index (χ4v) is 4.39. The van der Waals surface area contributed by atoms with E-state index in [1.54, 1.807) is 0 Å². The first kappa shape index (κ1) is 17.7. The maximum atomic E-state index is 11.3. The lowest BCUT2D eigenvalue weighted by Gasteiger charge is -2.12. The van der Waals surface area contributed by atoms with Gasteiger partial charge in [-0.05, 0) is 31.0 Å². The minimum atomic E-state index is -2.80. The highest BCUT2D eigenvalue weighted by atomic mass is 32.2. The van der Waals surface area contributed by atoms with E-state index in [2.05, 4.69) is 12.2 Å². The number of thiocarbonyl (C=S) groups is 1. The van der Waals surface area contributed by atoms with Crippen molar-refractivity contribution >= 4 is 27.2 Å². The molecule has 0 bridgehead atoms. The van der Waals surface area contributed by atoms with Crippen LogP contribution in [0.5, 0.6) is 0 Å². The molecule has 0 aromatic carbocycles. The lowest BCUT2D eigenvalue weighted by molar-refractivity contribution is 0.284. The Morgan fingerprint density at radius 1 is 1.25 bits per heavy atom. The summed E-state index contributed by atoms with van der Waals surface area (Å²) in [4.78, 5) is 0. The third-order valence-electron chi connectivity index (χ3n) is 3.59. The Kier molecular flexibility index (Phi) is 8.45. The Morgan fingerprint density at radius 2 is 1.95 bits per heavy atom. The van der Waals surface area contributed by atoms with E-state index in [1.807, 2.05) is 0 Å². The van der Waals surface area contributed by atoms with Crippen LogP contribution in [0.15, 0.2) is 0 Å². The Morgan fingerprint density at radius 3 is 2.60 bits per heavy atom. The third kappa shape index (κ3) is 8.04. The van der Waals surface area contributed by atoms with Crippen molar-refractivity contribution in [3.05, 3.63) is 0 Å². The zero-order chi connectivity index (χ0) is 14.8.